The van der Waals surface area contributed by atoms with E-state index in [1.807, 2.05) is 39.8 Å². The zero-order valence-electron chi connectivity index (χ0n) is 11.8. The Kier molecular flexibility index (Phi) is 2.92. The molecule has 3 N–H and O–H groups in total. The fourth-order valence-corrected chi connectivity index (χ4v) is 2.56. The Labute approximate surface area is 114 Å². The lowest BCUT2D eigenvalue weighted by molar-refractivity contribution is 0.00578. The lowest BCUT2D eigenvalue weighted by atomic mass is 9.74. The number of nitrogens with one attached hydrogen (secondary N) is 2. The first kappa shape index (κ1) is 13.3. The number of allylic oxidation sites excluding steroid dienone is 2. The minimum atomic E-state index is -0.659. The van der Waals surface area contributed by atoms with Crippen molar-refractivity contribution in [2.24, 2.45) is 0 Å². The molecule has 2 aliphatic heterocycles. The van der Waals surface area contributed by atoms with Crippen LogP contribution in [-0.2, 0) is 9.31 Å². The highest BCUT2D eigenvalue weighted by atomic mass is 16.7. The molecule has 19 heavy (non-hydrogen) atoms. The summed E-state index contributed by atoms with van der Waals surface area (Å²) in [6.07, 6.45) is 5.45. The molecule has 0 amide bonds. The number of aliphatic hydroxyl groups excluding tert-OH is 1. The molecule has 0 spiro atoms. The Morgan fingerprint density at radius 2 is 1.68 bits per heavy atom. The summed E-state index contributed by atoms with van der Waals surface area (Å²) in [5.74, 6) is 0. The smallest absolute Gasteiger partial charge is 0.399 e. The van der Waals surface area contributed by atoms with Gasteiger partial charge in [0.1, 0.15) is 0 Å². The van der Waals surface area contributed by atoms with Crippen molar-refractivity contribution >= 4 is 7.12 Å². The van der Waals surface area contributed by atoms with Crippen LogP contribution in [0.3, 0.4) is 0 Å². The van der Waals surface area contributed by atoms with Crippen molar-refractivity contribution in [1.29, 1.82) is 0 Å². The van der Waals surface area contributed by atoms with Gasteiger partial charge in [0, 0.05) is 12.1 Å². The fraction of sp³-hybridized carbons (Fsp3) is 0.692. The molecule has 0 saturated carbocycles. The highest BCUT2D eigenvalue weighted by Gasteiger charge is 2.52. The van der Waals surface area contributed by atoms with Crippen molar-refractivity contribution in [2.45, 2.75) is 57.3 Å². The summed E-state index contributed by atoms with van der Waals surface area (Å²) in [6, 6.07) is 0.204. The van der Waals surface area contributed by atoms with Gasteiger partial charge in [-0.2, -0.15) is 0 Å². The van der Waals surface area contributed by atoms with E-state index in [4.69, 9.17) is 9.31 Å². The Morgan fingerprint density at radius 3 is 2.32 bits per heavy atom. The van der Waals surface area contributed by atoms with Gasteiger partial charge in [0.25, 0.3) is 0 Å². The molecule has 0 aromatic carbocycles. The van der Waals surface area contributed by atoms with Gasteiger partial charge < -0.3 is 14.4 Å². The van der Waals surface area contributed by atoms with Gasteiger partial charge in [-0.05, 0) is 33.2 Å². The molecular weight excluding hydrogens is 243 g/mol. The first-order chi connectivity index (χ1) is 8.78. The van der Waals surface area contributed by atoms with Crippen LogP contribution in [0.5, 0.6) is 0 Å². The van der Waals surface area contributed by atoms with Crippen molar-refractivity contribution < 1.29 is 14.4 Å². The minimum absolute atomic E-state index is 0.0778. The Morgan fingerprint density at radius 1 is 1.11 bits per heavy atom. The van der Waals surface area contributed by atoms with Gasteiger partial charge in [-0.15, -0.1) is 0 Å². The third-order valence-corrected chi connectivity index (χ3v) is 4.48. The minimum Gasteiger partial charge on any atom is -0.399 e. The largest absolute Gasteiger partial charge is 0.494 e. The first-order valence-corrected chi connectivity index (χ1v) is 6.74. The third kappa shape index (κ3) is 2.17. The summed E-state index contributed by atoms with van der Waals surface area (Å²) >= 11 is 0. The average Bonchev–Trinajstić information content (AvgIpc) is 2.74. The summed E-state index contributed by atoms with van der Waals surface area (Å²) in [5.41, 5.74) is 0.344. The molecule has 104 valence electrons. The van der Waals surface area contributed by atoms with Crippen molar-refractivity contribution in [2.75, 3.05) is 0 Å². The molecule has 3 rings (SSSR count). The number of aliphatic hydroxyl groups is 1. The first-order valence-electron chi connectivity index (χ1n) is 6.74. The maximum Gasteiger partial charge on any atom is 0.494 e. The van der Waals surface area contributed by atoms with E-state index in [9.17, 15) is 5.11 Å². The van der Waals surface area contributed by atoms with Crippen LogP contribution in [0.15, 0.2) is 23.7 Å². The predicted molar refractivity (Wildman–Crippen MR) is 73.2 cm³/mol. The summed E-state index contributed by atoms with van der Waals surface area (Å²) in [7, 11) is -0.346. The zero-order chi connectivity index (χ0) is 13.8. The fourth-order valence-electron chi connectivity index (χ4n) is 2.56. The Hall–Kier alpha value is -0.655. The van der Waals surface area contributed by atoms with Gasteiger partial charge in [0.2, 0.25) is 0 Å². The molecule has 0 aromatic rings. The monoisotopic (exact) mass is 264 g/mol. The van der Waals surface area contributed by atoms with E-state index in [2.05, 4.69) is 16.7 Å². The summed E-state index contributed by atoms with van der Waals surface area (Å²) < 4.78 is 12.1. The third-order valence-electron chi connectivity index (χ3n) is 4.48. The van der Waals surface area contributed by atoms with Crippen LogP contribution in [0.4, 0.5) is 0 Å². The SMILES string of the molecule is CC1(C)OB(C2=CC3NC(O)NC3C=C2)OC1(C)C. The van der Waals surface area contributed by atoms with E-state index in [1.165, 1.54) is 0 Å². The van der Waals surface area contributed by atoms with Crippen LogP contribution in [-0.4, -0.2) is 41.9 Å². The van der Waals surface area contributed by atoms with Gasteiger partial charge in [-0.25, -0.2) is 0 Å². The molecule has 2 fully saturated rings. The quantitative estimate of drug-likeness (QED) is 0.595. The lowest BCUT2D eigenvalue weighted by Crippen LogP contribution is -2.41. The van der Waals surface area contributed by atoms with Crippen LogP contribution >= 0.6 is 0 Å². The van der Waals surface area contributed by atoms with Crippen LogP contribution in [0.25, 0.3) is 0 Å². The van der Waals surface area contributed by atoms with Crippen molar-refractivity contribution in [3.05, 3.63) is 23.7 Å². The second-order valence-electron chi connectivity index (χ2n) is 6.40. The highest BCUT2D eigenvalue weighted by Crippen LogP contribution is 2.39. The van der Waals surface area contributed by atoms with E-state index in [-0.39, 0.29) is 30.4 Å². The molecule has 2 heterocycles. The molecule has 5 nitrogen and oxygen atoms in total. The lowest BCUT2D eigenvalue weighted by Gasteiger charge is -2.32. The molecule has 0 radical (unpaired) electrons. The number of hydrogen-bond acceptors (Lipinski definition) is 5. The maximum atomic E-state index is 9.53. The average molecular weight is 264 g/mol. The summed E-state index contributed by atoms with van der Waals surface area (Å²) in [4.78, 5) is 0. The van der Waals surface area contributed by atoms with Crippen LogP contribution in [0.2, 0.25) is 0 Å². The molecular formula is C13H21BN2O3. The van der Waals surface area contributed by atoms with Crippen molar-refractivity contribution in [3.8, 4) is 0 Å². The van der Waals surface area contributed by atoms with Gasteiger partial charge in [-0.1, -0.05) is 18.2 Å². The van der Waals surface area contributed by atoms with Crippen molar-refractivity contribution in [3.63, 3.8) is 0 Å². The molecule has 0 bridgehead atoms. The van der Waals surface area contributed by atoms with Crippen LogP contribution in [0.1, 0.15) is 27.7 Å². The Bertz CT molecular complexity index is 431. The van der Waals surface area contributed by atoms with Crippen molar-refractivity contribution in [1.82, 2.24) is 10.6 Å². The molecule has 6 heteroatoms. The highest BCUT2D eigenvalue weighted by molar-refractivity contribution is 6.55. The number of fused-ring (bicyclic) bond motifs is 1. The summed E-state index contributed by atoms with van der Waals surface area (Å²) in [5, 5.41) is 15.6. The maximum absolute atomic E-state index is 9.53. The normalized spacial score (nSPS) is 39.3. The second-order valence-corrected chi connectivity index (χ2v) is 6.40. The molecule has 0 aromatic heterocycles. The van der Waals surface area contributed by atoms with E-state index in [0.29, 0.717) is 0 Å². The molecule has 3 unspecified atom stereocenters. The predicted octanol–water partition coefficient (Wildman–Crippen LogP) is 0.320. The number of hydrogen-bond donors (Lipinski definition) is 3. The molecule has 3 aliphatic rings. The zero-order valence-corrected chi connectivity index (χ0v) is 11.8. The van der Waals surface area contributed by atoms with E-state index in [1.54, 1.807) is 0 Å². The van der Waals surface area contributed by atoms with Gasteiger partial charge >= 0.3 is 7.12 Å². The molecule has 2 saturated heterocycles. The molecule has 1 aliphatic carbocycles. The molecule has 3 atom stereocenters. The topological polar surface area (TPSA) is 62.8 Å². The van der Waals surface area contributed by atoms with E-state index < -0.39 is 6.35 Å². The summed E-state index contributed by atoms with van der Waals surface area (Å²) in [6.45, 7) is 8.17. The van der Waals surface area contributed by atoms with E-state index >= 15 is 0 Å². The van der Waals surface area contributed by atoms with Gasteiger partial charge in [0.05, 0.1) is 11.2 Å². The van der Waals surface area contributed by atoms with Gasteiger partial charge in [-0.3, -0.25) is 10.6 Å². The van der Waals surface area contributed by atoms with Gasteiger partial charge in [0.15, 0.2) is 6.35 Å². The van der Waals surface area contributed by atoms with Crippen LogP contribution in [0, 0.1) is 0 Å². The van der Waals surface area contributed by atoms with E-state index in [0.717, 1.165) is 5.47 Å². The second kappa shape index (κ2) is 4.17. The Balaban J connectivity index is 1.78. The number of rotatable bonds is 1. The van der Waals surface area contributed by atoms with Crippen LogP contribution < -0.4 is 10.6 Å². The standard InChI is InChI=1S/C13H21BN2O3/c1-12(2)13(3,4)19-14(18-12)8-5-6-9-10(7-8)16-11(17)15-9/h5-7,9-11,15-17H,1-4H3.